The lowest BCUT2D eigenvalue weighted by molar-refractivity contribution is -0.116. The highest BCUT2D eigenvalue weighted by Gasteiger charge is 2.48. The van der Waals surface area contributed by atoms with Crippen molar-refractivity contribution in [3.63, 3.8) is 0 Å². The number of carbonyl (C=O) groups excluding carboxylic acids is 1. The standard InChI is InChI=1S/C26H28F3N3O4S/c1-25(17-20-6-2-3-7-23(20)31-25)12-10-24(33)30-13-4-5-14-32-15-11-19-8-9-22(16-21(19)18-32)36-37(34,35)26(27,28)29/h2-3,6-10,12,16-17H,4-5,11,13-15,18H2,1H3,(H,30,33)/b12-10-. The average Bonchev–Trinajstić information content (AvgIpc) is 3.18. The van der Waals surface area contributed by atoms with E-state index in [0.29, 0.717) is 19.5 Å². The number of benzene rings is 2. The number of nitrogens with zero attached hydrogens (tertiary/aromatic N) is 2. The van der Waals surface area contributed by atoms with Crippen molar-refractivity contribution in [3.05, 3.63) is 76.3 Å². The first-order valence-electron chi connectivity index (χ1n) is 11.9. The summed E-state index contributed by atoms with van der Waals surface area (Å²) in [4.78, 5) is 19.0. The number of fused-ring (bicyclic) bond motifs is 2. The highest BCUT2D eigenvalue weighted by Crippen LogP contribution is 2.29. The van der Waals surface area contributed by atoms with Gasteiger partial charge in [-0.05, 0) is 79.4 Å². The Morgan fingerprint density at radius 2 is 1.97 bits per heavy atom. The van der Waals surface area contributed by atoms with Gasteiger partial charge < -0.3 is 9.50 Å². The molecule has 1 N–H and O–H groups in total. The monoisotopic (exact) mass is 535 g/mol. The van der Waals surface area contributed by atoms with E-state index in [0.717, 1.165) is 47.6 Å². The first-order valence-corrected chi connectivity index (χ1v) is 13.3. The summed E-state index contributed by atoms with van der Waals surface area (Å²) in [6.45, 7) is 4.45. The van der Waals surface area contributed by atoms with E-state index in [-0.39, 0.29) is 11.7 Å². The maximum Gasteiger partial charge on any atom is 0.534 e. The molecule has 0 fully saturated rings. The minimum Gasteiger partial charge on any atom is -0.376 e. The van der Waals surface area contributed by atoms with Gasteiger partial charge in [0.05, 0.1) is 10.9 Å². The third-order valence-electron chi connectivity index (χ3n) is 6.28. The predicted molar refractivity (Wildman–Crippen MR) is 133 cm³/mol. The second-order valence-electron chi connectivity index (χ2n) is 9.31. The summed E-state index contributed by atoms with van der Waals surface area (Å²) in [6.07, 6.45) is 7.59. The number of hydrogen-bond acceptors (Lipinski definition) is 6. The lowest BCUT2D eigenvalue weighted by Gasteiger charge is -2.29. The van der Waals surface area contributed by atoms with Crippen molar-refractivity contribution in [1.82, 2.24) is 10.2 Å². The average molecular weight is 536 g/mol. The van der Waals surface area contributed by atoms with Gasteiger partial charge in [0.15, 0.2) is 0 Å². The molecular weight excluding hydrogens is 507 g/mol. The highest BCUT2D eigenvalue weighted by molar-refractivity contribution is 7.88. The van der Waals surface area contributed by atoms with Crippen molar-refractivity contribution >= 4 is 22.1 Å². The molecule has 2 aliphatic heterocycles. The van der Waals surface area contributed by atoms with Crippen LogP contribution < -0.4 is 20.1 Å². The summed E-state index contributed by atoms with van der Waals surface area (Å²) in [5, 5.41) is 4.83. The minimum absolute atomic E-state index is 0.186. The number of halogens is 3. The van der Waals surface area contributed by atoms with Crippen LogP contribution in [0, 0.1) is 0 Å². The van der Waals surface area contributed by atoms with Crippen LogP contribution in [-0.2, 0) is 27.9 Å². The Hall–Kier alpha value is -3.18. The third-order valence-corrected chi connectivity index (χ3v) is 7.26. The van der Waals surface area contributed by atoms with Gasteiger partial charge in [-0.25, -0.2) is 0 Å². The summed E-state index contributed by atoms with van der Waals surface area (Å²) in [6, 6.07) is 12.0. The van der Waals surface area contributed by atoms with E-state index in [1.165, 1.54) is 18.2 Å². The number of para-hydroxylation sites is 1. The van der Waals surface area contributed by atoms with Gasteiger partial charge >= 0.3 is 15.6 Å². The van der Waals surface area contributed by atoms with Gasteiger partial charge in [-0.3, -0.25) is 14.7 Å². The summed E-state index contributed by atoms with van der Waals surface area (Å²) in [5.41, 5.74) is -4.33. The first-order chi connectivity index (χ1) is 17.4. The molecule has 11 heteroatoms. The molecule has 0 bridgehead atoms. The van der Waals surface area contributed by atoms with Crippen molar-refractivity contribution in [3.8, 4) is 5.75 Å². The van der Waals surface area contributed by atoms with E-state index in [4.69, 9.17) is 0 Å². The second kappa shape index (κ2) is 10.7. The minimum atomic E-state index is -5.70. The Morgan fingerprint density at radius 1 is 1.19 bits per heavy atom. The fourth-order valence-electron chi connectivity index (χ4n) is 4.39. The SMILES string of the molecule is CC1(/C=C\C(=O)NCCCCN2CCc3ccc(OS(=O)(=O)C(F)(F)F)cc3C2)C=c2ccccc2=N1. The van der Waals surface area contributed by atoms with Gasteiger partial charge in [0.2, 0.25) is 5.91 Å². The quantitative estimate of drug-likeness (QED) is 0.231. The Bertz CT molecular complexity index is 1390. The van der Waals surface area contributed by atoms with E-state index in [1.807, 2.05) is 37.3 Å². The number of hydrogen-bond donors (Lipinski definition) is 1. The molecule has 0 saturated carbocycles. The molecule has 0 aromatic heterocycles. The zero-order valence-electron chi connectivity index (χ0n) is 20.3. The number of unbranched alkanes of at least 4 members (excludes halogenated alkanes) is 1. The zero-order valence-corrected chi connectivity index (χ0v) is 21.1. The third kappa shape index (κ3) is 6.78. The van der Waals surface area contributed by atoms with Gasteiger partial charge in [-0.15, -0.1) is 0 Å². The summed E-state index contributed by atoms with van der Waals surface area (Å²) in [5.74, 6) is -0.538. The molecule has 1 atom stereocenters. The van der Waals surface area contributed by atoms with Crippen LogP contribution in [0.4, 0.5) is 13.2 Å². The zero-order chi connectivity index (χ0) is 26.7. The number of carbonyl (C=O) groups is 1. The molecule has 2 heterocycles. The fourth-order valence-corrected chi connectivity index (χ4v) is 4.84. The molecule has 2 aromatic rings. The summed E-state index contributed by atoms with van der Waals surface area (Å²) >= 11 is 0. The maximum absolute atomic E-state index is 12.6. The van der Waals surface area contributed by atoms with Crippen molar-refractivity contribution in [1.29, 1.82) is 0 Å². The molecule has 198 valence electrons. The molecule has 4 rings (SSSR count). The number of nitrogens with one attached hydrogen (secondary N) is 1. The number of amides is 1. The van der Waals surface area contributed by atoms with Crippen LogP contribution in [0.5, 0.6) is 5.75 Å². The molecule has 1 amide bonds. The van der Waals surface area contributed by atoms with Gasteiger partial charge in [-0.2, -0.15) is 21.6 Å². The Kier molecular flexibility index (Phi) is 7.75. The van der Waals surface area contributed by atoms with Crippen LogP contribution >= 0.6 is 0 Å². The Morgan fingerprint density at radius 3 is 2.73 bits per heavy atom. The lowest BCUT2D eigenvalue weighted by Crippen LogP contribution is -2.32. The van der Waals surface area contributed by atoms with Crippen LogP contribution in [0.25, 0.3) is 6.08 Å². The van der Waals surface area contributed by atoms with Crippen LogP contribution in [-0.4, -0.2) is 49.9 Å². The van der Waals surface area contributed by atoms with Crippen molar-refractivity contribution in [2.45, 2.75) is 43.8 Å². The molecule has 0 aliphatic carbocycles. The van der Waals surface area contributed by atoms with Gasteiger partial charge in [0, 0.05) is 25.7 Å². The van der Waals surface area contributed by atoms with Gasteiger partial charge in [0.1, 0.15) is 5.75 Å². The van der Waals surface area contributed by atoms with Crippen LogP contribution in [0.2, 0.25) is 0 Å². The molecule has 1 unspecified atom stereocenters. The molecule has 2 aliphatic rings. The maximum atomic E-state index is 12.6. The number of rotatable bonds is 9. The fraction of sp³-hybridized carbons (Fsp3) is 0.385. The molecule has 0 radical (unpaired) electrons. The smallest absolute Gasteiger partial charge is 0.376 e. The molecule has 37 heavy (non-hydrogen) atoms. The summed E-state index contributed by atoms with van der Waals surface area (Å²) < 4.78 is 64.6. The van der Waals surface area contributed by atoms with Gasteiger partial charge in [0.25, 0.3) is 0 Å². The van der Waals surface area contributed by atoms with E-state index in [1.54, 1.807) is 12.1 Å². The Labute approximate surface area is 213 Å². The van der Waals surface area contributed by atoms with Crippen LogP contribution in [0.1, 0.15) is 30.9 Å². The molecule has 0 saturated heterocycles. The Balaban J connectivity index is 1.20. The molecular formula is C26H28F3N3O4S. The highest BCUT2D eigenvalue weighted by atomic mass is 32.2. The molecule has 2 aromatic carbocycles. The molecule has 7 nitrogen and oxygen atoms in total. The normalized spacial score (nSPS) is 19.6. The number of alkyl halides is 3. The van der Waals surface area contributed by atoms with E-state index in [9.17, 15) is 26.4 Å². The van der Waals surface area contributed by atoms with E-state index >= 15 is 0 Å². The predicted octanol–water partition coefficient (Wildman–Crippen LogP) is 2.60. The second-order valence-corrected chi connectivity index (χ2v) is 10.8. The van der Waals surface area contributed by atoms with Crippen molar-refractivity contribution in [2.24, 2.45) is 4.99 Å². The lowest BCUT2D eigenvalue weighted by atomic mass is 9.99. The largest absolute Gasteiger partial charge is 0.534 e. The topological polar surface area (TPSA) is 88.1 Å². The van der Waals surface area contributed by atoms with E-state index in [2.05, 4.69) is 19.4 Å². The summed E-state index contributed by atoms with van der Waals surface area (Å²) in [7, 11) is -5.70. The van der Waals surface area contributed by atoms with E-state index < -0.39 is 21.2 Å². The molecule has 0 spiro atoms. The van der Waals surface area contributed by atoms with Crippen LogP contribution in [0.3, 0.4) is 0 Å². The van der Waals surface area contributed by atoms with Crippen molar-refractivity contribution in [2.75, 3.05) is 19.6 Å². The van der Waals surface area contributed by atoms with Crippen molar-refractivity contribution < 1.29 is 30.6 Å². The van der Waals surface area contributed by atoms with Gasteiger partial charge in [-0.1, -0.05) is 24.3 Å². The first kappa shape index (κ1) is 26.9. The van der Waals surface area contributed by atoms with Crippen LogP contribution in [0.15, 0.2) is 59.6 Å².